The van der Waals surface area contributed by atoms with Crippen molar-refractivity contribution in [1.82, 2.24) is 15.5 Å². The van der Waals surface area contributed by atoms with Crippen molar-refractivity contribution >= 4 is 29.1 Å². The third kappa shape index (κ3) is 5.94. The average molecular weight is 467 g/mol. The second kappa shape index (κ2) is 11.0. The highest BCUT2D eigenvalue weighted by Gasteiger charge is 2.28. The van der Waals surface area contributed by atoms with E-state index in [0.29, 0.717) is 5.02 Å². The number of nitrogens with zero attached hydrogens (tertiary/aromatic N) is 2. The zero-order valence-corrected chi connectivity index (χ0v) is 19.0. The van der Waals surface area contributed by atoms with Gasteiger partial charge in [0.2, 0.25) is 0 Å². The average Bonchev–Trinajstić information content (AvgIpc) is 3.39. The molecule has 3 aromatic rings. The zero-order valence-electron chi connectivity index (χ0n) is 18.2. The third-order valence-corrected chi connectivity index (χ3v) is 6.18. The minimum Gasteiger partial charge on any atom is -0.468 e. The van der Waals surface area contributed by atoms with Gasteiger partial charge in [0.25, 0.3) is 0 Å². The number of hydrogen-bond acceptors (Lipinski definition) is 5. The predicted octanol–water partition coefficient (Wildman–Crippen LogP) is 3.23. The van der Waals surface area contributed by atoms with Crippen LogP contribution >= 0.6 is 11.6 Å². The summed E-state index contributed by atoms with van der Waals surface area (Å²) < 4.78 is 5.65. The minimum atomic E-state index is -0.693. The summed E-state index contributed by atoms with van der Waals surface area (Å²) in [6.07, 6.45) is 1.63. The Kier molecular flexibility index (Phi) is 7.65. The first-order valence-electron chi connectivity index (χ1n) is 11.0. The molecule has 0 bridgehead atoms. The van der Waals surface area contributed by atoms with Crippen molar-refractivity contribution in [2.45, 2.75) is 12.6 Å². The second-order valence-corrected chi connectivity index (χ2v) is 8.28. The van der Waals surface area contributed by atoms with Gasteiger partial charge in [-0.05, 0) is 35.9 Å². The maximum atomic E-state index is 12.4. The molecule has 0 radical (unpaired) electrons. The molecule has 7 nitrogen and oxygen atoms in total. The molecule has 2 heterocycles. The van der Waals surface area contributed by atoms with Crippen LogP contribution in [0.25, 0.3) is 0 Å². The number of anilines is 1. The fourth-order valence-electron chi connectivity index (χ4n) is 3.99. The first-order valence-corrected chi connectivity index (χ1v) is 11.4. The molecule has 8 heteroatoms. The van der Waals surface area contributed by atoms with Crippen molar-refractivity contribution in [2.24, 2.45) is 0 Å². The molecular weight excluding hydrogens is 440 g/mol. The van der Waals surface area contributed by atoms with E-state index in [9.17, 15) is 9.59 Å². The van der Waals surface area contributed by atoms with Crippen molar-refractivity contribution in [3.63, 3.8) is 0 Å². The largest absolute Gasteiger partial charge is 0.468 e. The summed E-state index contributed by atoms with van der Waals surface area (Å²) >= 11 is 6.11. The number of hydrogen-bond donors (Lipinski definition) is 2. The van der Waals surface area contributed by atoms with E-state index in [4.69, 9.17) is 16.0 Å². The van der Waals surface area contributed by atoms with E-state index in [0.717, 1.165) is 37.5 Å². The highest BCUT2D eigenvalue weighted by molar-refractivity contribution is 6.35. The lowest BCUT2D eigenvalue weighted by atomic mass is 10.1. The van der Waals surface area contributed by atoms with E-state index >= 15 is 0 Å². The number of halogens is 1. The molecule has 2 N–H and O–H groups in total. The van der Waals surface area contributed by atoms with Crippen LogP contribution in [0.4, 0.5) is 5.69 Å². The summed E-state index contributed by atoms with van der Waals surface area (Å²) in [5.74, 6) is -0.608. The molecule has 4 rings (SSSR count). The van der Waals surface area contributed by atoms with E-state index in [1.165, 1.54) is 5.69 Å². The molecule has 1 aromatic heterocycles. The number of benzene rings is 2. The molecule has 1 fully saturated rings. The van der Waals surface area contributed by atoms with Crippen molar-refractivity contribution in [1.29, 1.82) is 0 Å². The summed E-state index contributed by atoms with van der Waals surface area (Å²) in [7, 11) is 0. The van der Waals surface area contributed by atoms with Crippen molar-refractivity contribution in [3.8, 4) is 0 Å². The molecule has 172 valence electrons. The molecule has 0 saturated carbocycles. The van der Waals surface area contributed by atoms with Crippen molar-refractivity contribution < 1.29 is 14.0 Å². The van der Waals surface area contributed by atoms with Gasteiger partial charge in [0, 0.05) is 50.0 Å². The highest BCUT2D eigenvalue weighted by atomic mass is 35.5. The molecule has 1 aliphatic heterocycles. The third-order valence-electron chi connectivity index (χ3n) is 5.81. The summed E-state index contributed by atoms with van der Waals surface area (Å²) in [5, 5.41) is 5.93. The summed E-state index contributed by atoms with van der Waals surface area (Å²) in [6, 6.07) is 21.1. The zero-order chi connectivity index (χ0) is 23.0. The van der Waals surface area contributed by atoms with Gasteiger partial charge >= 0.3 is 11.8 Å². The van der Waals surface area contributed by atoms with Crippen LogP contribution in [-0.2, 0) is 16.1 Å². The Morgan fingerprint density at radius 2 is 1.58 bits per heavy atom. The standard InChI is InChI=1S/C25H27ClN4O3/c26-21-10-5-4-7-19(21)17-27-24(31)25(32)28-18-22(23-11-6-16-33-23)30-14-12-29(13-15-30)20-8-2-1-3-9-20/h1-11,16,22H,12-15,17-18H2,(H,27,31)(H,28,32)/t22-/m0/s1. The number of para-hydroxylation sites is 1. The fourth-order valence-corrected chi connectivity index (χ4v) is 4.19. The van der Waals surface area contributed by atoms with E-state index < -0.39 is 11.8 Å². The van der Waals surface area contributed by atoms with Gasteiger partial charge in [0.15, 0.2) is 0 Å². The topological polar surface area (TPSA) is 77.8 Å². The van der Waals surface area contributed by atoms with Crippen LogP contribution in [0.5, 0.6) is 0 Å². The first-order chi connectivity index (χ1) is 16.1. The molecular formula is C25H27ClN4O3. The minimum absolute atomic E-state index is 0.154. The molecule has 0 aliphatic carbocycles. The Bertz CT molecular complexity index is 1050. The SMILES string of the molecule is O=C(NCc1ccccc1Cl)C(=O)NC[C@@H](c1ccco1)N1CCN(c2ccccc2)CC1. The summed E-state index contributed by atoms with van der Waals surface area (Å²) in [5.41, 5.74) is 1.96. The predicted molar refractivity (Wildman–Crippen MR) is 128 cm³/mol. The number of furan rings is 1. The van der Waals surface area contributed by atoms with E-state index in [2.05, 4.69) is 32.6 Å². The maximum absolute atomic E-state index is 12.4. The molecule has 1 saturated heterocycles. The van der Waals surface area contributed by atoms with E-state index in [1.807, 2.05) is 48.5 Å². The number of piperazine rings is 1. The number of carbonyl (C=O) groups excluding carboxylic acids is 2. The smallest absolute Gasteiger partial charge is 0.309 e. The highest BCUT2D eigenvalue weighted by Crippen LogP contribution is 2.24. The number of amides is 2. The monoisotopic (exact) mass is 466 g/mol. The van der Waals surface area contributed by atoms with Gasteiger partial charge in [-0.15, -0.1) is 0 Å². The Morgan fingerprint density at radius 3 is 2.27 bits per heavy atom. The van der Waals surface area contributed by atoms with Crippen LogP contribution in [0.2, 0.25) is 5.02 Å². The van der Waals surface area contributed by atoms with Gasteiger partial charge in [-0.1, -0.05) is 48.0 Å². The number of nitrogens with one attached hydrogen (secondary N) is 2. The van der Waals surface area contributed by atoms with Crippen molar-refractivity contribution in [3.05, 3.63) is 89.3 Å². The van der Waals surface area contributed by atoms with Gasteiger partial charge in [-0.25, -0.2) is 0 Å². The summed E-state index contributed by atoms with van der Waals surface area (Å²) in [4.78, 5) is 29.3. The van der Waals surface area contributed by atoms with Gasteiger partial charge in [0.05, 0.1) is 12.3 Å². The van der Waals surface area contributed by atoms with Crippen LogP contribution in [0, 0.1) is 0 Å². The fraction of sp³-hybridized carbons (Fsp3) is 0.280. The molecule has 1 aliphatic rings. The van der Waals surface area contributed by atoms with Crippen LogP contribution in [-0.4, -0.2) is 49.4 Å². The van der Waals surface area contributed by atoms with Crippen LogP contribution in [0.15, 0.2) is 77.4 Å². The number of rotatable bonds is 7. The Balaban J connectivity index is 1.32. The molecule has 0 unspecified atom stereocenters. The van der Waals surface area contributed by atoms with E-state index in [1.54, 1.807) is 12.3 Å². The lowest BCUT2D eigenvalue weighted by molar-refractivity contribution is -0.139. The second-order valence-electron chi connectivity index (χ2n) is 7.87. The first kappa shape index (κ1) is 22.9. The van der Waals surface area contributed by atoms with Gasteiger partial charge in [-0.2, -0.15) is 0 Å². The molecule has 2 amide bonds. The van der Waals surface area contributed by atoms with Crippen LogP contribution in [0.3, 0.4) is 0 Å². The molecule has 0 spiro atoms. The Morgan fingerprint density at radius 1 is 0.879 bits per heavy atom. The quantitative estimate of drug-likeness (QED) is 0.523. The van der Waals surface area contributed by atoms with Crippen molar-refractivity contribution in [2.75, 3.05) is 37.6 Å². The normalized spacial score (nSPS) is 15.1. The number of carbonyl (C=O) groups is 2. The molecule has 33 heavy (non-hydrogen) atoms. The molecule has 2 aromatic carbocycles. The Labute approximate surface area is 198 Å². The lowest BCUT2D eigenvalue weighted by Crippen LogP contribution is -2.50. The van der Waals surface area contributed by atoms with Crippen LogP contribution < -0.4 is 15.5 Å². The van der Waals surface area contributed by atoms with Gasteiger partial charge in [-0.3, -0.25) is 14.5 Å². The maximum Gasteiger partial charge on any atom is 0.309 e. The van der Waals surface area contributed by atoms with Gasteiger partial charge in [0.1, 0.15) is 5.76 Å². The van der Waals surface area contributed by atoms with E-state index in [-0.39, 0.29) is 19.1 Å². The van der Waals surface area contributed by atoms with Gasteiger partial charge < -0.3 is 20.0 Å². The Hall–Kier alpha value is -3.29. The lowest BCUT2D eigenvalue weighted by Gasteiger charge is -2.39. The summed E-state index contributed by atoms with van der Waals surface area (Å²) in [6.45, 7) is 3.83. The molecule has 1 atom stereocenters. The van der Waals surface area contributed by atoms with Crippen LogP contribution in [0.1, 0.15) is 17.4 Å².